The molecule has 34 heavy (non-hydrogen) atoms. The lowest BCUT2D eigenvalue weighted by atomic mass is 10.0. The highest BCUT2D eigenvalue weighted by molar-refractivity contribution is 7.98. The zero-order chi connectivity index (χ0) is 23.7. The Morgan fingerprint density at radius 1 is 1.15 bits per heavy atom. The molecule has 0 saturated carbocycles. The molecular weight excluding hydrogens is 472 g/mol. The normalized spacial score (nSPS) is 14.1. The number of phenolic OH excluding ortho intramolecular Hbond substituents is 1. The minimum Gasteiger partial charge on any atom is -0.504 e. The Morgan fingerprint density at radius 2 is 1.94 bits per heavy atom. The van der Waals surface area contributed by atoms with Crippen molar-refractivity contribution in [3.05, 3.63) is 93.2 Å². The molecule has 0 bridgehead atoms. The Balaban J connectivity index is 1.59. The van der Waals surface area contributed by atoms with Gasteiger partial charge in [0.2, 0.25) is 5.16 Å². The third-order valence-corrected chi connectivity index (χ3v) is 6.79. The number of aromatic hydroxyl groups is 1. The summed E-state index contributed by atoms with van der Waals surface area (Å²) < 4.78 is 7.27. The van der Waals surface area contributed by atoms with Crippen LogP contribution in [0, 0.1) is 0 Å². The van der Waals surface area contributed by atoms with Gasteiger partial charge in [0, 0.05) is 21.4 Å². The molecule has 0 unspecified atom stereocenters. The van der Waals surface area contributed by atoms with Crippen LogP contribution in [0.5, 0.6) is 11.5 Å². The number of nitrogens with one attached hydrogen (secondary N) is 2. The van der Waals surface area contributed by atoms with Crippen LogP contribution in [0.3, 0.4) is 0 Å². The van der Waals surface area contributed by atoms with Gasteiger partial charge in [-0.2, -0.15) is 0 Å². The average molecular weight is 494 g/mol. The predicted molar refractivity (Wildman–Crippen MR) is 133 cm³/mol. The molecule has 4 aromatic rings. The number of rotatable bonds is 6. The van der Waals surface area contributed by atoms with E-state index in [2.05, 4.69) is 10.3 Å². The molecule has 1 atom stereocenters. The molecule has 5 rings (SSSR count). The van der Waals surface area contributed by atoms with E-state index in [1.54, 1.807) is 22.9 Å². The van der Waals surface area contributed by atoms with Crippen molar-refractivity contribution in [1.29, 1.82) is 0 Å². The van der Waals surface area contributed by atoms with Crippen molar-refractivity contribution in [2.45, 2.75) is 24.0 Å². The van der Waals surface area contributed by atoms with Crippen molar-refractivity contribution in [1.82, 2.24) is 10.1 Å². The van der Waals surface area contributed by atoms with E-state index in [4.69, 9.17) is 21.4 Å². The summed E-state index contributed by atoms with van der Waals surface area (Å²) in [6.45, 7) is 2.28. The van der Waals surface area contributed by atoms with E-state index in [0.717, 1.165) is 22.4 Å². The van der Waals surface area contributed by atoms with Gasteiger partial charge in [0.1, 0.15) is 0 Å². The third kappa shape index (κ3) is 4.22. The standard InChI is InChI=1S/C25H21ClN4O3S/c1-2-33-21-13-15(11-12-20(21)31)23-27-19-10-6-4-8-17(19)22-24(32)28-25(29-30(22)23)34-14-16-7-3-5-9-18(16)26/h3-13,23H,2,14H2,1H3,(H2,28,29,31,32)/p+1/t23-/m1/s1. The summed E-state index contributed by atoms with van der Waals surface area (Å²) in [5.74, 6) is 0.993. The smallest absolute Gasteiger partial charge is 0.325 e. The number of fused-ring (bicyclic) bond motifs is 3. The lowest BCUT2D eigenvalue weighted by Crippen LogP contribution is -2.55. The highest BCUT2D eigenvalue weighted by Gasteiger charge is 2.38. The molecule has 1 aromatic heterocycles. The highest BCUT2D eigenvalue weighted by Crippen LogP contribution is 2.35. The number of H-pyrrole nitrogens is 1. The summed E-state index contributed by atoms with van der Waals surface area (Å²) >= 11 is 7.70. The van der Waals surface area contributed by atoms with E-state index in [9.17, 15) is 9.90 Å². The van der Waals surface area contributed by atoms with E-state index >= 15 is 0 Å². The van der Waals surface area contributed by atoms with Gasteiger partial charge >= 0.3 is 11.3 Å². The van der Waals surface area contributed by atoms with Crippen LogP contribution in [-0.2, 0) is 5.75 Å². The molecule has 0 amide bonds. The van der Waals surface area contributed by atoms with Crippen molar-refractivity contribution < 1.29 is 14.5 Å². The fraction of sp³-hybridized carbons (Fsp3) is 0.160. The Morgan fingerprint density at radius 3 is 2.76 bits per heavy atom. The summed E-state index contributed by atoms with van der Waals surface area (Å²) in [5, 5.41) is 19.6. The van der Waals surface area contributed by atoms with Crippen molar-refractivity contribution in [2.75, 3.05) is 11.9 Å². The lowest BCUT2D eigenvalue weighted by Gasteiger charge is -2.22. The van der Waals surface area contributed by atoms with Gasteiger partial charge in [-0.3, -0.25) is 9.78 Å². The maximum absolute atomic E-state index is 13.3. The highest BCUT2D eigenvalue weighted by atomic mass is 35.5. The van der Waals surface area contributed by atoms with Gasteiger partial charge in [-0.15, -0.1) is 0 Å². The van der Waals surface area contributed by atoms with E-state index in [-0.39, 0.29) is 11.3 Å². The molecule has 3 N–H and O–H groups in total. The molecule has 7 nitrogen and oxygen atoms in total. The van der Waals surface area contributed by atoms with Crippen molar-refractivity contribution >= 4 is 29.1 Å². The van der Waals surface area contributed by atoms with Gasteiger partial charge in [-0.05, 0) is 53.6 Å². The summed E-state index contributed by atoms with van der Waals surface area (Å²) in [5.41, 5.74) is 3.55. The number of aromatic nitrogens is 3. The number of para-hydroxylation sites is 1. The maximum atomic E-state index is 13.3. The number of thioether (sulfide) groups is 1. The van der Waals surface area contributed by atoms with Crippen LogP contribution in [0.15, 0.2) is 76.7 Å². The second-order valence-corrected chi connectivity index (χ2v) is 9.06. The van der Waals surface area contributed by atoms with Gasteiger partial charge in [-0.1, -0.05) is 53.7 Å². The molecule has 0 saturated heterocycles. The second-order valence-electron chi connectivity index (χ2n) is 7.69. The molecule has 9 heteroatoms. The largest absolute Gasteiger partial charge is 0.504 e. The number of phenols is 1. The molecule has 2 heterocycles. The van der Waals surface area contributed by atoms with Gasteiger partial charge in [-0.25, -0.2) is 0 Å². The molecule has 0 spiro atoms. The molecule has 1 aliphatic rings. The number of hydrogen-bond acceptors (Lipinski definition) is 6. The van der Waals surface area contributed by atoms with Gasteiger partial charge in [0.15, 0.2) is 11.5 Å². The van der Waals surface area contributed by atoms with E-state index in [1.165, 1.54) is 11.8 Å². The van der Waals surface area contributed by atoms with Gasteiger partial charge in [0.25, 0.3) is 6.17 Å². The predicted octanol–water partition coefficient (Wildman–Crippen LogP) is 4.75. The number of ether oxygens (including phenoxy) is 1. The minimum atomic E-state index is -0.480. The Hall–Kier alpha value is -3.49. The van der Waals surface area contributed by atoms with Crippen LogP contribution in [-0.4, -0.2) is 21.8 Å². The van der Waals surface area contributed by atoms with Crippen LogP contribution in [0.2, 0.25) is 5.02 Å². The second kappa shape index (κ2) is 9.40. The fourth-order valence-electron chi connectivity index (χ4n) is 3.91. The van der Waals surface area contributed by atoms with E-state index in [0.29, 0.717) is 34.0 Å². The number of hydrogen-bond donors (Lipinski definition) is 3. The molecular formula is C25H22ClN4O3S+. The topological polar surface area (TPSA) is 91.1 Å². The first-order chi connectivity index (χ1) is 16.5. The summed E-state index contributed by atoms with van der Waals surface area (Å²) in [6, 6.07) is 20.4. The number of benzene rings is 3. The van der Waals surface area contributed by atoms with Crippen molar-refractivity contribution in [3.8, 4) is 22.8 Å². The van der Waals surface area contributed by atoms with Crippen LogP contribution in [0.4, 0.5) is 5.69 Å². The summed E-state index contributed by atoms with van der Waals surface area (Å²) in [6.07, 6.45) is -0.480. The first-order valence-electron chi connectivity index (χ1n) is 10.8. The van der Waals surface area contributed by atoms with Crippen molar-refractivity contribution in [2.24, 2.45) is 0 Å². The van der Waals surface area contributed by atoms with Crippen LogP contribution < -0.4 is 20.3 Å². The molecule has 3 aromatic carbocycles. The number of aromatic amines is 1. The fourth-order valence-corrected chi connectivity index (χ4v) is 5.05. The zero-order valence-corrected chi connectivity index (χ0v) is 19.9. The molecule has 0 aliphatic carbocycles. The Kier molecular flexibility index (Phi) is 6.17. The molecule has 0 fully saturated rings. The molecule has 1 aliphatic heterocycles. The van der Waals surface area contributed by atoms with Crippen LogP contribution in [0.25, 0.3) is 11.3 Å². The molecule has 172 valence electrons. The third-order valence-electron chi connectivity index (χ3n) is 5.50. The monoisotopic (exact) mass is 493 g/mol. The van der Waals surface area contributed by atoms with Crippen LogP contribution >= 0.6 is 23.4 Å². The average Bonchev–Trinajstić information content (AvgIpc) is 2.84. The summed E-state index contributed by atoms with van der Waals surface area (Å²) in [4.78, 5) is 16.2. The van der Waals surface area contributed by atoms with Gasteiger partial charge in [0.05, 0.1) is 17.9 Å². The molecule has 0 radical (unpaired) electrons. The lowest BCUT2D eigenvalue weighted by molar-refractivity contribution is -0.759. The van der Waals surface area contributed by atoms with Crippen LogP contribution in [0.1, 0.15) is 24.2 Å². The zero-order valence-electron chi connectivity index (χ0n) is 18.3. The first-order valence-corrected chi connectivity index (χ1v) is 12.2. The van der Waals surface area contributed by atoms with E-state index in [1.807, 2.05) is 55.5 Å². The van der Waals surface area contributed by atoms with Crippen molar-refractivity contribution in [3.63, 3.8) is 0 Å². The quantitative estimate of drug-likeness (QED) is 0.265. The van der Waals surface area contributed by atoms with Gasteiger partial charge < -0.3 is 15.2 Å². The number of halogens is 1. The number of anilines is 1. The van der Waals surface area contributed by atoms with E-state index < -0.39 is 6.17 Å². The minimum absolute atomic E-state index is 0.0573. The number of nitrogens with zero attached hydrogens (tertiary/aromatic N) is 2. The Bertz CT molecular complexity index is 1430. The Labute approximate surface area is 205 Å². The summed E-state index contributed by atoms with van der Waals surface area (Å²) in [7, 11) is 0. The SMILES string of the molecule is CCOc1cc([C@@H]2Nc3ccccc3-c3c(=O)[nH]c(SCc4ccccc4Cl)n[n+]32)ccc1O. The first kappa shape index (κ1) is 22.3. The maximum Gasteiger partial charge on any atom is 0.325 e.